The Labute approximate surface area is 134 Å². The molecule has 0 bridgehead atoms. The van der Waals surface area contributed by atoms with Crippen LogP contribution >= 0.6 is 0 Å². The van der Waals surface area contributed by atoms with Gasteiger partial charge in [-0.05, 0) is 25.7 Å². The summed E-state index contributed by atoms with van der Waals surface area (Å²) in [6.45, 7) is 7.49. The topological polar surface area (TPSA) is 51.2 Å². The zero-order valence-electron chi connectivity index (χ0n) is 13.9. The summed E-state index contributed by atoms with van der Waals surface area (Å²) in [6, 6.07) is 0. The molecule has 0 aromatic rings. The van der Waals surface area contributed by atoms with Crippen molar-refractivity contribution in [2.24, 2.45) is 0 Å². The van der Waals surface area contributed by atoms with Crippen LogP contribution in [0.5, 0.6) is 0 Å². The lowest BCUT2D eigenvalue weighted by Crippen LogP contribution is -2.31. The fourth-order valence-electron chi connectivity index (χ4n) is 3.30. The Morgan fingerprint density at radius 3 is 2.23 bits per heavy atom. The predicted octanol–water partition coefficient (Wildman–Crippen LogP) is 2.11. The SMILES string of the molecule is C[Si](C)(C)C#CC[C@@H](O)[C@H]1CC[C@H]([C@H]2CC[C@H]([C@H]3CO3)O2)O1. The molecule has 0 saturated carbocycles. The van der Waals surface area contributed by atoms with Gasteiger partial charge >= 0.3 is 0 Å². The minimum Gasteiger partial charge on any atom is -0.389 e. The molecule has 3 rings (SSSR count). The van der Waals surface area contributed by atoms with Crippen molar-refractivity contribution in [2.75, 3.05) is 6.61 Å². The third-order valence-corrected chi connectivity index (χ3v) is 5.49. The van der Waals surface area contributed by atoms with E-state index >= 15 is 0 Å². The van der Waals surface area contributed by atoms with Crippen molar-refractivity contribution in [3.63, 3.8) is 0 Å². The van der Waals surface area contributed by atoms with Crippen molar-refractivity contribution in [3.8, 4) is 11.5 Å². The zero-order chi connectivity index (χ0) is 15.7. The van der Waals surface area contributed by atoms with E-state index in [9.17, 15) is 5.11 Å². The monoisotopic (exact) mass is 324 g/mol. The molecule has 4 nitrogen and oxygen atoms in total. The summed E-state index contributed by atoms with van der Waals surface area (Å²) in [5.74, 6) is 3.15. The van der Waals surface area contributed by atoms with E-state index in [-0.39, 0.29) is 24.4 Å². The molecule has 0 aromatic heterocycles. The molecule has 0 spiro atoms. The Balaban J connectivity index is 1.44. The van der Waals surface area contributed by atoms with Crippen LogP contribution in [0.1, 0.15) is 32.1 Å². The molecule has 0 radical (unpaired) electrons. The highest BCUT2D eigenvalue weighted by Gasteiger charge is 2.44. The second kappa shape index (κ2) is 6.62. The summed E-state index contributed by atoms with van der Waals surface area (Å²) in [5.41, 5.74) is 3.30. The number of ether oxygens (including phenoxy) is 3. The van der Waals surface area contributed by atoms with E-state index in [1.54, 1.807) is 0 Å². The van der Waals surface area contributed by atoms with E-state index in [1.807, 2.05) is 0 Å². The van der Waals surface area contributed by atoms with Crippen LogP contribution in [0, 0.1) is 11.5 Å². The Morgan fingerprint density at radius 2 is 1.59 bits per heavy atom. The smallest absolute Gasteiger partial charge is 0.129 e. The lowest BCUT2D eigenvalue weighted by Gasteiger charge is -2.22. The van der Waals surface area contributed by atoms with Crippen LogP contribution in [-0.2, 0) is 14.2 Å². The first-order chi connectivity index (χ1) is 10.4. The van der Waals surface area contributed by atoms with Crippen LogP contribution in [0.4, 0.5) is 0 Å². The van der Waals surface area contributed by atoms with Gasteiger partial charge in [-0.1, -0.05) is 19.6 Å². The van der Waals surface area contributed by atoms with E-state index in [4.69, 9.17) is 14.2 Å². The Hall–Kier alpha value is -0.383. The van der Waals surface area contributed by atoms with Gasteiger partial charge in [-0.3, -0.25) is 0 Å². The van der Waals surface area contributed by atoms with Crippen LogP contribution < -0.4 is 0 Å². The van der Waals surface area contributed by atoms with Gasteiger partial charge in [0.25, 0.3) is 0 Å². The first-order valence-electron chi connectivity index (χ1n) is 8.53. The summed E-state index contributed by atoms with van der Waals surface area (Å²) in [4.78, 5) is 0. The molecule has 6 atom stereocenters. The highest BCUT2D eigenvalue weighted by molar-refractivity contribution is 6.83. The van der Waals surface area contributed by atoms with Crippen molar-refractivity contribution in [3.05, 3.63) is 0 Å². The molecule has 124 valence electrons. The number of rotatable bonds is 4. The summed E-state index contributed by atoms with van der Waals surface area (Å²) >= 11 is 0. The molecule has 3 aliphatic rings. The number of hydrogen-bond acceptors (Lipinski definition) is 4. The van der Waals surface area contributed by atoms with Crippen LogP contribution in [-0.4, -0.2) is 56.4 Å². The van der Waals surface area contributed by atoms with Gasteiger partial charge < -0.3 is 19.3 Å². The van der Waals surface area contributed by atoms with Gasteiger partial charge in [0, 0.05) is 6.42 Å². The maximum atomic E-state index is 10.3. The Kier molecular flexibility index (Phi) is 4.96. The van der Waals surface area contributed by atoms with Crippen LogP contribution in [0.2, 0.25) is 19.6 Å². The maximum Gasteiger partial charge on any atom is 0.129 e. The molecule has 0 amide bonds. The lowest BCUT2D eigenvalue weighted by atomic mass is 10.0. The standard InChI is InChI=1S/C17H28O4Si/c1-22(2,3)10-4-5-12(18)13-6-7-14(20-13)15-8-9-16(21-15)17-11-19-17/h12-18H,5-9,11H2,1-3H3/t12-,13-,14-,15-,16-,17-/m1/s1. The number of aliphatic hydroxyl groups is 1. The Bertz CT molecular complexity index is 446. The summed E-state index contributed by atoms with van der Waals surface area (Å²) < 4.78 is 17.5. The summed E-state index contributed by atoms with van der Waals surface area (Å²) in [6.07, 6.45) is 4.87. The van der Waals surface area contributed by atoms with Crippen molar-refractivity contribution in [1.82, 2.24) is 0 Å². The molecule has 0 aliphatic carbocycles. The molecule has 1 N–H and O–H groups in total. The second-order valence-corrected chi connectivity index (χ2v) is 12.5. The first kappa shape index (κ1) is 16.5. The van der Waals surface area contributed by atoms with Crippen LogP contribution in [0.15, 0.2) is 0 Å². The molecule has 3 aliphatic heterocycles. The molecule has 3 saturated heterocycles. The van der Waals surface area contributed by atoms with E-state index < -0.39 is 14.2 Å². The summed E-state index contributed by atoms with van der Waals surface area (Å²) in [5, 5.41) is 10.3. The second-order valence-electron chi connectivity index (χ2n) is 7.78. The van der Waals surface area contributed by atoms with Gasteiger partial charge in [0.05, 0.1) is 37.1 Å². The fraction of sp³-hybridized carbons (Fsp3) is 0.882. The predicted molar refractivity (Wildman–Crippen MR) is 87.3 cm³/mol. The van der Waals surface area contributed by atoms with Gasteiger partial charge in [0.2, 0.25) is 0 Å². The highest BCUT2D eigenvalue weighted by Crippen LogP contribution is 2.36. The third-order valence-electron chi connectivity index (χ3n) is 4.56. The number of aliphatic hydroxyl groups excluding tert-OH is 1. The molecule has 3 heterocycles. The number of hydrogen-bond donors (Lipinski definition) is 1. The molecule has 22 heavy (non-hydrogen) atoms. The van der Waals surface area contributed by atoms with Crippen LogP contribution in [0.25, 0.3) is 0 Å². The minimum atomic E-state index is -1.36. The van der Waals surface area contributed by atoms with Crippen molar-refractivity contribution in [2.45, 2.75) is 88.4 Å². The van der Waals surface area contributed by atoms with Gasteiger partial charge in [-0.15, -0.1) is 11.5 Å². The molecule has 0 unspecified atom stereocenters. The van der Waals surface area contributed by atoms with E-state index in [0.29, 0.717) is 12.5 Å². The van der Waals surface area contributed by atoms with Gasteiger partial charge in [-0.2, -0.15) is 0 Å². The zero-order valence-corrected chi connectivity index (χ0v) is 14.9. The molecular formula is C17H28O4Si. The molecule has 3 fully saturated rings. The first-order valence-corrected chi connectivity index (χ1v) is 12.0. The molecule has 0 aromatic carbocycles. The Morgan fingerprint density at radius 1 is 1.00 bits per heavy atom. The van der Waals surface area contributed by atoms with E-state index in [1.165, 1.54) is 0 Å². The van der Waals surface area contributed by atoms with Gasteiger partial charge in [0.1, 0.15) is 14.2 Å². The quantitative estimate of drug-likeness (QED) is 0.489. The average Bonchev–Trinajstić information content (AvgIpc) is 2.99. The highest BCUT2D eigenvalue weighted by atomic mass is 28.3. The summed E-state index contributed by atoms with van der Waals surface area (Å²) in [7, 11) is -1.36. The maximum absolute atomic E-state index is 10.3. The van der Waals surface area contributed by atoms with Gasteiger partial charge in [0.15, 0.2) is 0 Å². The van der Waals surface area contributed by atoms with Crippen LogP contribution in [0.3, 0.4) is 0 Å². The third kappa shape index (κ3) is 4.33. The van der Waals surface area contributed by atoms with Crippen molar-refractivity contribution < 1.29 is 19.3 Å². The normalized spacial score (nSPS) is 39.4. The van der Waals surface area contributed by atoms with E-state index in [0.717, 1.165) is 32.3 Å². The average molecular weight is 324 g/mol. The molecular weight excluding hydrogens is 296 g/mol. The van der Waals surface area contributed by atoms with Crippen molar-refractivity contribution >= 4 is 8.07 Å². The fourth-order valence-corrected chi connectivity index (χ4v) is 3.94. The molecule has 5 heteroatoms. The largest absolute Gasteiger partial charge is 0.389 e. The minimum absolute atomic E-state index is 0.0826. The lowest BCUT2D eigenvalue weighted by molar-refractivity contribution is -0.0932. The van der Waals surface area contributed by atoms with E-state index in [2.05, 4.69) is 31.1 Å². The van der Waals surface area contributed by atoms with Gasteiger partial charge in [-0.25, -0.2) is 0 Å². The van der Waals surface area contributed by atoms with Crippen molar-refractivity contribution in [1.29, 1.82) is 0 Å². The number of epoxide rings is 1.